The van der Waals surface area contributed by atoms with E-state index in [1.807, 2.05) is 24.9 Å². The molecule has 1 aromatic rings. The van der Waals surface area contributed by atoms with E-state index < -0.39 is 0 Å². The zero-order valence-corrected chi connectivity index (χ0v) is 13.3. The lowest BCUT2D eigenvalue weighted by molar-refractivity contribution is 0.397. The van der Waals surface area contributed by atoms with Crippen molar-refractivity contribution < 1.29 is 4.74 Å². The summed E-state index contributed by atoms with van der Waals surface area (Å²) in [4.78, 5) is 0. The van der Waals surface area contributed by atoms with E-state index in [-0.39, 0.29) is 0 Å². The highest BCUT2D eigenvalue weighted by Crippen LogP contribution is 2.23. The second-order valence-corrected chi connectivity index (χ2v) is 6.17. The zero-order chi connectivity index (χ0) is 13.9. The predicted molar refractivity (Wildman–Crippen MR) is 86.3 cm³/mol. The van der Waals surface area contributed by atoms with Crippen LogP contribution in [0.4, 0.5) is 0 Å². The van der Waals surface area contributed by atoms with Gasteiger partial charge < -0.3 is 10.1 Å². The van der Waals surface area contributed by atoms with Crippen LogP contribution < -0.4 is 10.1 Å². The Hall–Kier alpha value is -0.670. The van der Waals surface area contributed by atoms with E-state index in [2.05, 4.69) is 30.4 Å². The van der Waals surface area contributed by atoms with Gasteiger partial charge >= 0.3 is 0 Å². The Kier molecular flexibility index (Phi) is 8.76. The summed E-state index contributed by atoms with van der Waals surface area (Å²) in [5.74, 6) is 4.22. The predicted octanol–water partition coefficient (Wildman–Crippen LogP) is 3.61. The van der Waals surface area contributed by atoms with Gasteiger partial charge in [-0.15, -0.1) is 0 Å². The van der Waals surface area contributed by atoms with Crippen LogP contribution in [-0.2, 0) is 6.42 Å². The fourth-order valence-electron chi connectivity index (χ4n) is 2.37. The third-order valence-corrected chi connectivity index (χ3v) is 4.28. The van der Waals surface area contributed by atoms with Crippen LogP contribution in [0.15, 0.2) is 24.3 Å². The third-order valence-electron chi connectivity index (χ3n) is 3.30. The molecule has 0 aromatic heterocycles. The first-order chi connectivity index (χ1) is 9.31. The van der Waals surface area contributed by atoms with Crippen molar-refractivity contribution in [1.29, 1.82) is 0 Å². The van der Waals surface area contributed by atoms with Crippen molar-refractivity contribution >= 4 is 11.8 Å². The molecule has 0 spiro atoms. The number of nitrogens with one attached hydrogen (secondary N) is 1. The molecule has 2 nitrogen and oxygen atoms in total. The van der Waals surface area contributed by atoms with E-state index in [9.17, 15) is 0 Å². The first kappa shape index (κ1) is 16.4. The van der Waals surface area contributed by atoms with Gasteiger partial charge in [0.05, 0.1) is 7.11 Å². The largest absolute Gasteiger partial charge is 0.496 e. The minimum Gasteiger partial charge on any atom is -0.496 e. The van der Waals surface area contributed by atoms with Gasteiger partial charge in [-0.2, -0.15) is 11.8 Å². The summed E-state index contributed by atoms with van der Waals surface area (Å²) in [7, 11) is 3.79. The average molecular weight is 281 g/mol. The molecule has 0 fully saturated rings. The number of ether oxygens (including phenoxy) is 1. The highest BCUT2D eigenvalue weighted by atomic mass is 32.2. The number of thioether (sulfide) groups is 1. The topological polar surface area (TPSA) is 21.3 Å². The van der Waals surface area contributed by atoms with Gasteiger partial charge in [0.25, 0.3) is 0 Å². The van der Waals surface area contributed by atoms with Crippen molar-refractivity contribution in [1.82, 2.24) is 5.32 Å². The van der Waals surface area contributed by atoms with Crippen molar-refractivity contribution in [3.63, 3.8) is 0 Å². The quantitative estimate of drug-likeness (QED) is 0.662. The molecule has 0 aliphatic carbocycles. The molecule has 0 aliphatic rings. The number of methoxy groups -OCH3 is 1. The van der Waals surface area contributed by atoms with Crippen molar-refractivity contribution in [3.8, 4) is 5.75 Å². The van der Waals surface area contributed by atoms with Crippen molar-refractivity contribution in [2.45, 2.75) is 26.2 Å². The molecule has 1 aromatic carbocycles. The highest BCUT2D eigenvalue weighted by molar-refractivity contribution is 7.99. The van der Waals surface area contributed by atoms with E-state index in [1.165, 1.54) is 29.9 Å². The summed E-state index contributed by atoms with van der Waals surface area (Å²) < 4.78 is 5.44. The number of rotatable bonds is 10. The first-order valence-electron chi connectivity index (χ1n) is 7.16. The second kappa shape index (κ2) is 10.2. The van der Waals surface area contributed by atoms with E-state index in [1.54, 1.807) is 7.11 Å². The Morgan fingerprint density at radius 2 is 2.11 bits per heavy atom. The average Bonchev–Trinajstić information content (AvgIpc) is 2.44. The molecular weight excluding hydrogens is 254 g/mol. The first-order valence-corrected chi connectivity index (χ1v) is 8.31. The van der Waals surface area contributed by atoms with Gasteiger partial charge in [-0.25, -0.2) is 0 Å². The lowest BCUT2D eigenvalue weighted by Crippen LogP contribution is -2.21. The van der Waals surface area contributed by atoms with Crippen molar-refractivity contribution in [2.75, 3.05) is 32.2 Å². The van der Waals surface area contributed by atoms with Crippen LogP contribution >= 0.6 is 11.8 Å². The lowest BCUT2D eigenvalue weighted by Gasteiger charge is -2.18. The van der Waals surface area contributed by atoms with Gasteiger partial charge in [-0.3, -0.25) is 0 Å². The SMILES string of the molecule is CCSCCCC(CNC)Cc1ccccc1OC. The van der Waals surface area contributed by atoms with Crippen LogP contribution in [0.5, 0.6) is 5.75 Å². The van der Waals surface area contributed by atoms with Crippen LogP contribution in [0.1, 0.15) is 25.3 Å². The smallest absolute Gasteiger partial charge is 0.122 e. The molecule has 0 saturated heterocycles. The highest BCUT2D eigenvalue weighted by Gasteiger charge is 2.11. The molecule has 0 heterocycles. The van der Waals surface area contributed by atoms with Crippen molar-refractivity contribution in [3.05, 3.63) is 29.8 Å². The van der Waals surface area contributed by atoms with Gasteiger partial charge in [-0.05, 0) is 61.9 Å². The number of benzene rings is 1. The molecule has 19 heavy (non-hydrogen) atoms. The monoisotopic (exact) mass is 281 g/mol. The lowest BCUT2D eigenvalue weighted by atomic mass is 9.94. The fraction of sp³-hybridized carbons (Fsp3) is 0.625. The Balaban J connectivity index is 2.51. The van der Waals surface area contributed by atoms with E-state index in [4.69, 9.17) is 4.74 Å². The molecule has 3 heteroatoms. The molecule has 108 valence electrons. The third kappa shape index (κ3) is 6.35. The minimum absolute atomic E-state index is 0.693. The fourth-order valence-corrected chi connectivity index (χ4v) is 3.03. The molecule has 1 atom stereocenters. The summed E-state index contributed by atoms with van der Waals surface area (Å²) in [6, 6.07) is 8.37. The number of hydrogen-bond donors (Lipinski definition) is 1. The maximum Gasteiger partial charge on any atom is 0.122 e. The van der Waals surface area contributed by atoms with Crippen LogP contribution in [0.25, 0.3) is 0 Å². The number of para-hydroxylation sites is 1. The molecular formula is C16H27NOS. The summed E-state index contributed by atoms with van der Waals surface area (Å²) in [6.45, 7) is 3.30. The van der Waals surface area contributed by atoms with Gasteiger partial charge in [0, 0.05) is 0 Å². The minimum atomic E-state index is 0.693. The molecule has 1 N–H and O–H groups in total. The molecule has 1 rings (SSSR count). The molecule has 0 aliphatic heterocycles. The van der Waals surface area contributed by atoms with Crippen LogP contribution in [0, 0.1) is 5.92 Å². The Labute approximate surface area is 122 Å². The van der Waals surface area contributed by atoms with Gasteiger partial charge in [0.15, 0.2) is 0 Å². The molecule has 0 radical (unpaired) electrons. The van der Waals surface area contributed by atoms with Crippen LogP contribution in [-0.4, -0.2) is 32.2 Å². The Morgan fingerprint density at radius 1 is 1.32 bits per heavy atom. The normalized spacial score (nSPS) is 12.4. The van der Waals surface area contributed by atoms with Crippen molar-refractivity contribution in [2.24, 2.45) is 5.92 Å². The van der Waals surface area contributed by atoms with Gasteiger partial charge in [0.1, 0.15) is 5.75 Å². The maximum absolute atomic E-state index is 5.44. The van der Waals surface area contributed by atoms with Crippen LogP contribution in [0.3, 0.4) is 0 Å². The maximum atomic E-state index is 5.44. The molecule has 1 unspecified atom stereocenters. The van der Waals surface area contributed by atoms with Gasteiger partial charge in [-0.1, -0.05) is 25.1 Å². The number of hydrogen-bond acceptors (Lipinski definition) is 3. The van der Waals surface area contributed by atoms with E-state index >= 15 is 0 Å². The standard InChI is InChI=1S/C16H27NOS/c1-4-19-11-7-8-14(13-17-2)12-15-9-5-6-10-16(15)18-3/h5-6,9-10,14,17H,4,7-8,11-13H2,1-3H3. The van der Waals surface area contributed by atoms with E-state index in [0.29, 0.717) is 5.92 Å². The summed E-state index contributed by atoms with van der Waals surface area (Å²) in [6.07, 6.45) is 3.69. The summed E-state index contributed by atoms with van der Waals surface area (Å²) in [5, 5.41) is 3.32. The Bertz CT molecular complexity index is 343. The summed E-state index contributed by atoms with van der Waals surface area (Å²) in [5.41, 5.74) is 1.33. The van der Waals surface area contributed by atoms with E-state index in [0.717, 1.165) is 18.7 Å². The Morgan fingerprint density at radius 3 is 2.79 bits per heavy atom. The van der Waals surface area contributed by atoms with Crippen LogP contribution in [0.2, 0.25) is 0 Å². The zero-order valence-electron chi connectivity index (χ0n) is 12.4. The summed E-state index contributed by atoms with van der Waals surface area (Å²) >= 11 is 2.04. The molecule has 0 bridgehead atoms. The molecule has 0 amide bonds. The molecule has 0 saturated carbocycles. The van der Waals surface area contributed by atoms with Gasteiger partial charge in [0.2, 0.25) is 0 Å². The second-order valence-electron chi connectivity index (χ2n) is 4.78.